The first-order chi connectivity index (χ1) is 11.4. The number of amides is 2. The molecule has 2 N–H and O–H groups in total. The average molecular weight is 333 g/mol. The van der Waals surface area contributed by atoms with Gasteiger partial charge in [0.05, 0.1) is 17.7 Å². The average Bonchev–Trinajstić information content (AvgIpc) is 2.93. The first-order valence-corrected chi connectivity index (χ1v) is 6.77. The summed E-state index contributed by atoms with van der Waals surface area (Å²) in [6, 6.07) is 3.82. The minimum atomic E-state index is -0.643. The van der Waals surface area contributed by atoms with Crippen molar-refractivity contribution in [2.45, 2.75) is 0 Å². The normalized spacial score (nSPS) is 10.1. The number of hydrogen-bond donors (Lipinski definition) is 2. The number of carbonyl (C=O) groups is 2. The zero-order valence-electron chi connectivity index (χ0n) is 13.2. The number of nitrogens with one attached hydrogen (secondary N) is 2. The highest BCUT2D eigenvalue weighted by molar-refractivity contribution is 6.08. The Kier molecular flexibility index (Phi) is 4.78. The number of anilines is 1. The smallest absolute Gasteiger partial charge is 0.311 e. The molecule has 0 unspecified atom stereocenters. The van der Waals surface area contributed by atoms with Crippen LogP contribution in [0.2, 0.25) is 0 Å². The number of nitrogens with zero attached hydrogens (tertiary/aromatic N) is 3. The maximum Gasteiger partial charge on any atom is 0.311 e. The maximum absolute atomic E-state index is 12.3. The highest BCUT2D eigenvalue weighted by Gasteiger charge is 2.21. The fourth-order valence-electron chi connectivity index (χ4n) is 2.03. The number of aryl methyl sites for hydroxylation is 1. The van der Waals surface area contributed by atoms with Crippen LogP contribution in [0.4, 0.5) is 11.4 Å². The van der Waals surface area contributed by atoms with Crippen molar-refractivity contribution in [3.8, 4) is 5.75 Å². The van der Waals surface area contributed by atoms with Gasteiger partial charge in [-0.2, -0.15) is 5.10 Å². The van der Waals surface area contributed by atoms with Crippen molar-refractivity contribution < 1.29 is 19.2 Å². The quantitative estimate of drug-likeness (QED) is 0.619. The standard InChI is InChI=1S/C14H15N5O5/c1-15-14(21)12-9(7-18(2)17-12)16-13(20)8-4-5-11(24-3)10(6-8)19(22)23/h4-7H,1-3H3,(H,15,21)(H,16,20). The molecular formula is C14H15N5O5. The summed E-state index contributed by atoms with van der Waals surface area (Å²) < 4.78 is 6.26. The molecule has 0 aliphatic rings. The lowest BCUT2D eigenvalue weighted by Crippen LogP contribution is -2.21. The van der Waals surface area contributed by atoms with Crippen LogP contribution < -0.4 is 15.4 Å². The van der Waals surface area contributed by atoms with E-state index in [2.05, 4.69) is 15.7 Å². The van der Waals surface area contributed by atoms with E-state index in [4.69, 9.17) is 4.74 Å². The molecule has 0 radical (unpaired) electrons. The lowest BCUT2D eigenvalue weighted by molar-refractivity contribution is -0.385. The van der Waals surface area contributed by atoms with E-state index in [1.54, 1.807) is 7.05 Å². The predicted molar refractivity (Wildman–Crippen MR) is 84.2 cm³/mol. The Morgan fingerprint density at radius 3 is 2.62 bits per heavy atom. The van der Waals surface area contributed by atoms with Crippen molar-refractivity contribution in [3.05, 3.63) is 45.8 Å². The van der Waals surface area contributed by atoms with Gasteiger partial charge >= 0.3 is 5.69 Å². The molecule has 126 valence electrons. The third-order valence-corrected chi connectivity index (χ3v) is 3.16. The Bertz CT molecular complexity index is 814. The summed E-state index contributed by atoms with van der Waals surface area (Å²) >= 11 is 0. The lowest BCUT2D eigenvalue weighted by atomic mass is 10.1. The number of benzene rings is 1. The first-order valence-electron chi connectivity index (χ1n) is 6.77. The van der Waals surface area contributed by atoms with Gasteiger partial charge in [0.15, 0.2) is 11.4 Å². The topological polar surface area (TPSA) is 128 Å². The van der Waals surface area contributed by atoms with Gasteiger partial charge in [0.1, 0.15) is 0 Å². The number of nitro groups is 1. The maximum atomic E-state index is 12.3. The highest BCUT2D eigenvalue weighted by atomic mass is 16.6. The molecule has 0 aliphatic carbocycles. The molecular weight excluding hydrogens is 318 g/mol. The highest BCUT2D eigenvalue weighted by Crippen LogP contribution is 2.28. The summed E-state index contributed by atoms with van der Waals surface area (Å²) in [5.41, 5.74) is -0.0475. The van der Waals surface area contributed by atoms with E-state index in [1.165, 1.54) is 37.2 Å². The van der Waals surface area contributed by atoms with Crippen LogP contribution in [-0.4, -0.2) is 40.7 Å². The van der Waals surface area contributed by atoms with E-state index >= 15 is 0 Å². The number of rotatable bonds is 5. The molecule has 0 spiro atoms. The fourth-order valence-corrected chi connectivity index (χ4v) is 2.03. The van der Waals surface area contributed by atoms with E-state index in [0.29, 0.717) is 0 Å². The van der Waals surface area contributed by atoms with Crippen molar-refractivity contribution in [1.82, 2.24) is 15.1 Å². The van der Waals surface area contributed by atoms with Crippen molar-refractivity contribution in [2.24, 2.45) is 7.05 Å². The van der Waals surface area contributed by atoms with Gasteiger partial charge in [0.25, 0.3) is 11.8 Å². The Labute approximate surface area is 136 Å². The molecule has 0 bridgehead atoms. The van der Waals surface area contributed by atoms with Gasteiger partial charge in [-0.3, -0.25) is 24.4 Å². The van der Waals surface area contributed by atoms with Crippen LogP contribution in [0.5, 0.6) is 5.75 Å². The summed E-state index contributed by atoms with van der Waals surface area (Å²) in [6.07, 6.45) is 1.46. The Balaban J connectivity index is 2.33. The molecule has 0 fully saturated rings. The molecule has 1 aromatic carbocycles. The third-order valence-electron chi connectivity index (χ3n) is 3.16. The van der Waals surface area contributed by atoms with Crippen molar-refractivity contribution in [3.63, 3.8) is 0 Å². The van der Waals surface area contributed by atoms with Gasteiger partial charge in [0, 0.05) is 31.9 Å². The van der Waals surface area contributed by atoms with Crippen molar-refractivity contribution in [2.75, 3.05) is 19.5 Å². The van der Waals surface area contributed by atoms with Gasteiger partial charge < -0.3 is 15.4 Å². The van der Waals surface area contributed by atoms with E-state index in [9.17, 15) is 19.7 Å². The molecule has 10 nitrogen and oxygen atoms in total. The largest absolute Gasteiger partial charge is 0.490 e. The third kappa shape index (κ3) is 3.32. The molecule has 0 aliphatic heterocycles. The summed E-state index contributed by atoms with van der Waals surface area (Å²) in [7, 11) is 4.34. The van der Waals surface area contributed by atoms with Crippen molar-refractivity contribution >= 4 is 23.2 Å². The predicted octanol–water partition coefficient (Wildman–Crippen LogP) is 0.949. The van der Waals surface area contributed by atoms with Crippen LogP contribution in [-0.2, 0) is 7.05 Å². The second kappa shape index (κ2) is 6.77. The van der Waals surface area contributed by atoms with E-state index in [0.717, 1.165) is 6.07 Å². The van der Waals surface area contributed by atoms with E-state index < -0.39 is 16.7 Å². The number of carbonyl (C=O) groups excluding carboxylic acids is 2. The molecule has 1 aromatic heterocycles. The Morgan fingerprint density at radius 1 is 1.33 bits per heavy atom. The minimum absolute atomic E-state index is 0.0383. The molecule has 2 amide bonds. The summed E-state index contributed by atoms with van der Waals surface area (Å²) in [6.45, 7) is 0. The van der Waals surface area contributed by atoms with Crippen molar-refractivity contribution in [1.29, 1.82) is 0 Å². The zero-order valence-corrected chi connectivity index (χ0v) is 13.2. The molecule has 0 saturated carbocycles. The monoisotopic (exact) mass is 333 g/mol. The molecule has 1 heterocycles. The second-order valence-electron chi connectivity index (χ2n) is 4.74. The number of methoxy groups -OCH3 is 1. The number of nitro benzene ring substituents is 1. The van der Waals surface area contributed by atoms with Gasteiger partial charge in [-0.1, -0.05) is 0 Å². The van der Waals surface area contributed by atoms with Crippen LogP contribution in [0, 0.1) is 10.1 Å². The van der Waals surface area contributed by atoms with Crippen LogP contribution in [0.3, 0.4) is 0 Å². The molecule has 10 heteroatoms. The van der Waals surface area contributed by atoms with E-state index in [1.807, 2.05) is 0 Å². The van der Waals surface area contributed by atoms with Crippen LogP contribution in [0.1, 0.15) is 20.8 Å². The minimum Gasteiger partial charge on any atom is -0.490 e. The van der Waals surface area contributed by atoms with Gasteiger partial charge in [0.2, 0.25) is 0 Å². The van der Waals surface area contributed by atoms with Gasteiger partial charge in [-0.05, 0) is 12.1 Å². The van der Waals surface area contributed by atoms with Crippen LogP contribution >= 0.6 is 0 Å². The summed E-state index contributed by atoms with van der Waals surface area (Å²) in [5.74, 6) is -1.03. The molecule has 0 atom stereocenters. The first kappa shape index (κ1) is 16.9. The number of hydrogen-bond acceptors (Lipinski definition) is 6. The van der Waals surface area contributed by atoms with E-state index in [-0.39, 0.29) is 28.4 Å². The molecule has 0 saturated heterocycles. The Morgan fingerprint density at radius 2 is 2.04 bits per heavy atom. The fraction of sp³-hybridized carbons (Fsp3) is 0.214. The molecule has 2 aromatic rings. The van der Waals surface area contributed by atoms with Gasteiger partial charge in [-0.25, -0.2) is 0 Å². The second-order valence-corrected chi connectivity index (χ2v) is 4.74. The SMILES string of the molecule is CNC(=O)c1nn(C)cc1NC(=O)c1ccc(OC)c([N+](=O)[O-])c1. The Hall–Kier alpha value is -3.43. The zero-order chi connectivity index (χ0) is 17.9. The summed E-state index contributed by atoms with van der Waals surface area (Å²) in [4.78, 5) is 34.4. The number of aromatic nitrogens is 2. The summed E-state index contributed by atoms with van der Waals surface area (Å²) in [5, 5.41) is 19.9. The lowest BCUT2D eigenvalue weighted by Gasteiger charge is -2.06. The molecule has 24 heavy (non-hydrogen) atoms. The van der Waals surface area contributed by atoms with Crippen LogP contribution in [0.15, 0.2) is 24.4 Å². The van der Waals surface area contributed by atoms with Gasteiger partial charge in [-0.15, -0.1) is 0 Å². The van der Waals surface area contributed by atoms with Crippen LogP contribution in [0.25, 0.3) is 0 Å². The molecule has 2 rings (SSSR count). The number of ether oxygens (including phenoxy) is 1.